The fourth-order valence-electron chi connectivity index (χ4n) is 1.63. The van der Waals surface area contributed by atoms with Crippen LogP contribution in [-0.4, -0.2) is 25.0 Å². The van der Waals surface area contributed by atoms with Gasteiger partial charge in [0, 0.05) is 13.1 Å². The molecule has 1 nitrogen and oxygen atoms in total. The van der Waals surface area contributed by atoms with Crippen molar-refractivity contribution >= 4 is 0 Å². The topological polar surface area (TPSA) is 3.24 Å². The Bertz CT molecular complexity index is 262. The number of hydrogen-bond acceptors (Lipinski definition) is 1. The van der Waals surface area contributed by atoms with Gasteiger partial charge in [0.1, 0.15) is 0 Å². The van der Waals surface area contributed by atoms with Gasteiger partial charge in [0.25, 0.3) is 0 Å². The molecule has 0 unspecified atom stereocenters. The summed E-state index contributed by atoms with van der Waals surface area (Å²) < 4.78 is 0. The van der Waals surface area contributed by atoms with Gasteiger partial charge < -0.3 is 0 Å². The molecule has 0 aromatic carbocycles. The second kappa shape index (κ2) is 3.11. The summed E-state index contributed by atoms with van der Waals surface area (Å²) in [5.74, 6) is 0. The first-order valence-corrected chi connectivity index (χ1v) is 4.28. The van der Waals surface area contributed by atoms with Crippen LogP contribution in [-0.2, 0) is 0 Å². The third-order valence-electron chi connectivity index (χ3n) is 2.22. The van der Waals surface area contributed by atoms with E-state index in [1.807, 2.05) is 0 Å². The molecule has 62 valence electrons. The van der Waals surface area contributed by atoms with Gasteiger partial charge >= 0.3 is 0 Å². The fourth-order valence-corrected chi connectivity index (χ4v) is 1.63. The van der Waals surface area contributed by atoms with Crippen molar-refractivity contribution in [3.8, 4) is 0 Å². The maximum absolute atomic E-state index is 2.32. The number of fused-ring (bicyclic) bond motifs is 1. The molecule has 0 spiro atoms. The Labute approximate surface area is 73.4 Å². The van der Waals surface area contributed by atoms with Crippen molar-refractivity contribution in [3.63, 3.8) is 0 Å². The monoisotopic (exact) mass is 159 g/mol. The molecule has 0 saturated carbocycles. The van der Waals surface area contributed by atoms with E-state index in [2.05, 4.69) is 48.4 Å². The van der Waals surface area contributed by atoms with Gasteiger partial charge in [-0.25, -0.2) is 0 Å². The van der Waals surface area contributed by atoms with E-state index < -0.39 is 0 Å². The Morgan fingerprint density at radius 2 is 1.42 bits per heavy atom. The van der Waals surface area contributed by atoms with Gasteiger partial charge in [0.2, 0.25) is 0 Å². The van der Waals surface area contributed by atoms with E-state index in [0.29, 0.717) is 0 Å². The van der Waals surface area contributed by atoms with Crippen LogP contribution in [0.5, 0.6) is 0 Å². The fraction of sp³-hybridized carbons (Fsp3) is 0.273. The third kappa shape index (κ3) is 1.41. The predicted octanol–water partition coefficient (Wildman–Crippen LogP) is 1.91. The highest BCUT2D eigenvalue weighted by atomic mass is 15.1. The number of likely N-dealkylation sites (N-methyl/N-ethyl adjacent to an activating group) is 1. The van der Waals surface area contributed by atoms with Crippen molar-refractivity contribution in [2.45, 2.75) is 0 Å². The highest BCUT2D eigenvalue weighted by Crippen LogP contribution is 2.21. The Morgan fingerprint density at radius 3 is 1.92 bits per heavy atom. The van der Waals surface area contributed by atoms with Crippen molar-refractivity contribution in [1.29, 1.82) is 0 Å². The number of likely N-dealkylation sites (tertiary alicyclic amines) is 1. The Hall–Kier alpha value is -1.08. The summed E-state index contributed by atoms with van der Waals surface area (Å²) in [6.07, 6.45) is 12.8. The smallest absolute Gasteiger partial charge is 0.0237 e. The summed E-state index contributed by atoms with van der Waals surface area (Å²) in [4.78, 5) is 2.32. The highest BCUT2D eigenvalue weighted by molar-refractivity contribution is 5.43. The van der Waals surface area contributed by atoms with E-state index in [1.165, 1.54) is 11.1 Å². The number of nitrogens with zero attached hydrogens (tertiary/aromatic N) is 1. The summed E-state index contributed by atoms with van der Waals surface area (Å²) in [6, 6.07) is 0. The summed E-state index contributed by atoms with van der Waals surface area (Å²) in [5, 5.41) is 0. The van der Waals surface area contributed by atoms with E-state index in [4.69, 9.17) is 0 Å². The van der Waals surface area contributed by atoms with Crippen LogP contribution in [0.1, 0.15) is 0 Å². The molecule has 1 aliphatic heterocycles. The lowest BCUT2D eigenvalue weighted by atomic mass is 10.1. The third-order valence-corrected chi connectivity index (χ3v) is 2.22. The van der Waals surface area contributed by atoms with Crippen LogP contribution in [0.15, 0.2) is 47.6 Å². The molecule has 0 amide bonds. The van der Waals surface area contributed by atoms with Crippen LogP contribution < -0.4 is 0 Å². The van der Waals surface area contributed by atoms with E-state index in [0.717, 1.165) is 13.1 Å². The first kappa shape index (κ1) is 7.56. The lowest BCUT2D eigenvalue weighted by Gasteiger charge is -2.01. The molecule has 1 fully saturated rings. The first-order valence-electron chi connectivity index (χ1n) is 4.28. The maximum Gasteiger partial charge on any atom is 0.0237 e. The number of rotatable bonds is 0. The Kier molecular flexibility index (Phi) is 1.96. The van der Waals surface area contributed by atoms with Crippen LogP contribution >= 0.6 is 0 Å². The zero-order chi connectivity index (χ0) is 8.39. The van der Waals surface area contributed by atoms with Crippen molar-refractivity contribution in [1.82, 2.24) is 4.90 Å². The van der Waals surface area contributed by atoms with E-state index >= 15 is 0 Å². The van der Waals surface area contributed by atoms with Gasteiger partial charge in [0.05, 0.1) is 0 Å². The molecule has 2 aliphatic rings. The molecule has 1 aliphatic carbocycles. The minimum absolute atomic E-state index is 1.09. The van der Waals surface area contributed by atoms with Gasteiger partial charge in [0.15, 0.2) is 0 Å². The van der Waals surface area contributed by atoms with Gasteiger partial charge in [-0.15, -0.1) is 0 Å². The Morgan fingerprint density at radius 1 is 0.917 bits per heavy atom. The molecule has 1 saturated heterocycles. The van der Waals surface area contributed by atoms with Gasteiger partial charge in [-0.05, 0) is 18.2 Å². The lowest BCUT2D eigenvalue weighted by Crippen LogP contribution is -2.11. The minimum Gasteiger partial charge on any atom is -0.298 e. The van der Waals surface area contributed by atoms with Crippen molar-refractivity contribution in [2.24, 2.45) is 0 Å². The standard InChI is InChI=1S/C11H13N/c1-12-8-10-6-4-2-3-5-7-11(10)9-12/h2-7H,8-9H2,1H3/b3-2?,4-2-,5-3-,6-4?,7-5?,10-6-,11-7-. The molecule has 0 N–H and O–H groups in total. The molecule has 0 atom stereocenters. The maximum atomic E-state index is 2.32. The molecule has 1 heterocycles. The van der Waals surface area contributed by atoms with E-state index in [1.54, 1.807) is 0 Å². The molecule has 0 aromatic rings. The highest BCUT2D eigenvalue weighted by Gasteiger charge is 2.16. The zero-order valence-corrected chi connectivity index (χ0v) is 7.33. The lowest BCUT2D eigenvalue weighted by molar-refractivity contribution is 0.437. The quantitative estimate of drug-likeness (QED) is 0.522. The minimum atomic E-state index is 1.09. The van der Waals surface area contributed by atoms with Gasteiger partial charge in [-0.3, -0.25) is 4.90 Å². The molecular formula is C11H13N. The molecule has 0 aromatic heterocycles. The molecular weight excluding hydrogens is 146 g/mol. The van der Waals surface area contributed by atoms with Crippen molar-refractivity contribution in [2.75, 3.05) is 20.1 Å². The largest absolute Gasteiger partial charge is 0.298 e. The normalized spacial score (nSPS) is 36.8. The van der Waals surface area contributed by atoms with Gasteiger partial charge in [-0.2, -0.15) is 0 Å². The van der Waals surface area contributed by atoms with Crippen LogP contribution in [0.4, 0.5) is 0 Å². The molecule has 2 rings (SSSR count). The Balaban J connectivity index is 2.33. The summed E-state index contributed by atoms with van der Waals surface area (Å²) in [7, 11) is 2.15. The predicted molar refractivity (Wildman–Crippen MR) is 51.9 cm³/mol. The van der Waals surface area contributed by atoms with Crippen LogP contribution in [0, 0.1) is 0 Å². The van der Waals surface area contributed by atoms with Crippen LogP contribution in [0.3, 0.4) is 0 Å². The number of allylic oxidation sites excluding steroid dienone is 6. The average Bonchev–Trinajstić information content (AvgIpc) is 2.32. The SMILES string of the molecule is CN1CC2=C/C=C\C=C/C=C\2C1. The van der Waals surface area contributed by atoms with Crippen molar-refractivity contribution < 1.29 is 0 Å². The zero-order valence-electron chi connectivity index (χ0n) is 7.33. The summed E-state index contributed by atoms with van der Waals surface area (Å²) in [6.45, 7) is 2.17. The second-order valence-corrected chi connectivity index (χ2v) is 3.33. The molecule has 0 radical (unpaired) electrons. The van der Waals surface area contributed by atoms with Crippen LogP contribution in [0.2, 0.25) is 0 Å². The van der Waals surface area contributed by atoms with Gasteiger partial charge in [-0.1, -0.05) is 36.5 Å². The van der Waals surface area contributed by atoms with E-state index in [9.17, 15) is 0 Å². The number of hydrogen-bond donors (Lipinski definition) is 0. The molecule has 1 heteroatoms. The average molecular weight is 159 g/mol. The first-order chi connectivity index (χ1) is 5.86. The van der Waals surface area contributed by atoms with Crippen molar-refractivity contribution in [3.05, 3.63) is 47.6 Å². The van der Waals surface area contributed by atoms with Crippen LogP contribution in [0.25, 0.3) is 0 Å². The summed E-state index contributed by atoms with van der Waals surface area (Å²) in [5.41, 5.74) is 2.91. The molecule has 12 heavy (non-hydrogen) atoms. The second-order valence-electron chi connectivity index (χ2n) is 3.33. The van der Waals surface area contributed by atoms with E-state index in [-0.39, 0.29) is 0 Å². The summed E-state index contributed by atoms with van der Waals surface area (Å²) >= 11 is 0. The molecule has 0 bridgehead atoms.